The maximum atomic E-state index is 12.3. The van der Waals surface area contributed by atoms with E-state index in [0.29, 0.717) is 17.8 Å². The van der Waals surface area contributed by atoms with Crippen molar-refractivity contribution in [1.82, 2.24) is 15.4 Å². The normalized spacial score (nSPS) is 16.4. The van der Waals surface area contributed by atoms with Gasteiger partial charge in [-0.15, -0.1) is 0 Å². The van der Waals surface area contributed by atoms with Crippen LogP contribution in [-0.4, -0.2) is 53.4 Å². The Bertz CT molecular complexity index is 636. The van der Waals surface area contributed by atoms with Gasteiger partial charge in [-0.25, -0.2) is 0 Å². The van der Waals surface area contributed by atoms with Crippen molar-refractivity contribution in [1.29, 1.82) is 0 Å². The third kappa shape index (κ3) is 3.97. The van der Waals surface area contributed by atoms with Crippen LogP contribution in [0.2, 0.25) is 0 Å². The van der Waals surface area contributed by atoms with Crippen LogP contribution < -0.4 is 5.32 Å². The summed E-state index contributed by atoms with van der Waals surface area (Å²) in [7, 11) is 0. The monoisotopic (exact) mass is 315 g/mol. The van der Waals surface area contributed by atoms with Gasteiger partial charge in [0.05, 0.1) is 6.10 Å². The molecule has 1 unspecified atom stereocenters. The lowest BCUT2D eigenvalue weighted by Crippen LogP contribution is -2.39. The number of nitrogens with one attached hydrogen (secondary N) is 1. The van der Waals surface area contributed by atoms with Gasteiger partial charge in [-0.2, -0.15) is 0 Å². The van der Waals surface area contributed by atoms with E-state index in [2.05, 4.69) is 15.4 Å². The first kappa shape index (κ1) is 15.7. The number of likely N-dealkylation sites (tertiary alicyclic amines) is 1. The Hall–Kier alpha value is -2.18. The summed E-state index contributed by atoms with van der Waals surface area (Å²) in [4.78, 5) is 14.5. The minimum Gasteiger partial charge on any atom is -0.390 e. The number of nitrogens with zero attached hydrogens (tertiary/aromatic N) is 2. The first-order valence-corrected chi connectivity index (χ1v) is 7.92. The minimum atomic E-state index is -0.572. The predicted octanol–water partition coefficient (Wildman–Crippen LogP) is 1.53. The maximum Gasteiger partial charge on any atom is 0.256 e. The number of hydrogen-bond acceptors (Lipinski definition) is 5. The SMILES string of the molecule is O=C(NCC(O)CN1CCCC1)c1conc1-c1ccccc1. The standard InChI is InChI=1S/C17H21N3O3/c21-14(11-20-8-4-5-9-20)10-18-17(22)15-12-23-19-16(15)13-6-2-1-3-7-13/h1-3,6-7,12,14,21H,4-5,8-11H2,(H,18,22). The van der Waals surface area contributed by atoms with Gasteiger partial charge in [0.2, 0.25) is 0 Å². The highest BCUT2D eigenvalue weighted by atomic mass is 16.5. The van der Waals surface area contributed by atoms with Crippen LogP contribution in [-0.2, 0) is 0 Å². The fourth-order valence-corrected chi connectivity index (χ4v) is 2.84. The fraction of sp³-hybridized carbons (Fsp3) is 0.412. The predicted molar refractivity (Wildman–Crippen MR) is 86.0 cm³/mol. The van der Waals surface area contributed by atoms with Crippen molar-refractivity contribution < 1.29 is 14.4 Å². The quantitative estimate of drug-likeness (QED) is 0.845. The van der Waals surface area contributed by atoms with Crippen LogP contribution in [0.25, 0.3) is 11.3 Å². The average molecular weight is 315 g/mol. The first-order valence-electron chi connectivity index (χ1n) is 7.92. The van der Waals surface area contributed by atoms with E-state index >= 15 is 0 Å². The summed E-state index contributed by atoms with van der Waals surface area (Å²) in [6.45, 7) is 2.85. The lowest BCUT2D eigenvalue weighted by molar-refractivity contribution is 0.0879. The summed E-state index contributed by atoms with van der Waals surface area (Å²) in [5, 5.41) is 16.7. The van der Waals surface area contributed by atoms with Gasteiger partial charge < -0.3 is 19.8 Å². The molecule has 0 spiro atoms. The highest BCUT2D eigenvalue weighted by molar-refractivity contribution is 5.99. The Morgan fingerprint density at radius 3 is 2.78 bits per heavy atom. The van der Waals surface area contributed by atoms with E-state index in [-0.39, 0.29) is 12.5 Å². The Morgan fingerprint density at radius 2 is 2.04 bits per heavy atom. The van der Waals surface area contributed by atoms with Gasteiger partial charge >= 0.3 is 0 Å². The second-order valence-electron chi connectivity index (χ2n) is 5.81. The van der Waals surface area contributed by atoms with Crippen molar-refractivity contribution in [2.24, 2.45) is 0 Å². The first-order chi connectivity index (χ1) is 11.2. The van der Waals surface area contributed by atoms with Crippen LogP contribution in [0.5, 0.6) is 0 Å². The van der Waals surface area contributed by atoms with Crippen molar-refractivity contribution in [2.75, 3.05) is 26.2 Å². The number of aromatic nitrogens is 1. The molecule has 0 bridgehead atoms. The van der Waals surface area contributed by atoms with E-state index in [1.165, 1.54) is 19.1 Å². The summed E-state index contributed by atoms with van der Waals surface area (Å²) in [5.41, 5.74) is 1.71. The van der Waals surface area contributed by atoms with Gasteiger partial charge in [0.15, 0.2) is 0 Å². The van der Waals surface area contributed by atoms with Gasteiger partial charge in [-0.1, -0.05) is 35.5 Å². The topological polar surface area (TPSA) is 78.6 Å². The highest BCUT2D eigenvalue weighted by Gasteiger charge is 2.19. The molecule has 1 atom stereocenters. The van der Waals surface area contributed by atoms with E-state index in [1.807, 2.05) is 30.3 Å². The van der Waals surface area contributed by atoms with Crippen molar-refractivity contribution in [2.45, 2.75) is 18.9 Å². The number of amides is 1. The molecule has 3 rings (SSSR count). The molecule has 0 saturated carbocycles. The number of carbonyl (C=O) groups is 1. The number of rotatable bonds is 6. The van der Waals surface area contributed by atoms with Crippen molar-refractivity contribution >= 4 is 5.91 Å². The molecular formula is C17H21N3O3. The smallest absolute Gasteiger partial charge is 0.256 e. The summed E-state index contributed by atoms with van der Waals surface area (Å²) in [5.74, 6) is -0.287. The molecule has 1 saturated heterocycles. The Morgan fingerprint density at radius 1 is 1.30 bits per heavy atom. The van der Waals surface area contributed by atoms with E-state index in [0.717, 1.165) is 18.7 Å². The largest absolute Gasteiger partial charge is 0.390 e. The second-order valence-corrected chi connectivity index (χ2v) is 5.81. The third-order valence-electron chi connectivity index (χ3n) is 4.03. The van der Waals surface area contributed by atoms with Gasteiger partial charge in [0.1, 0.15) is 17.5 Å². The molecule has 2 aromatic rings. The molecule has 0 radical (unpaired) electrons. The van der Waals surface area contributed by atoms with E-state index < -0.39 is 6.10 Å². The zero-order chi connectivity index (χ0) is 16.1. The molecule has 6 nitrogen and oxygen atoms in total. The van der Waals surface area contributed by atoms with E-state index in [1.54, 1.807) is 0 Å². The minimum absolute atomic E-state index is 0.217. The number of aliphatic hydroxyl groups is 1. The van der Waals surface area contributed by atoms with Crippen LogP contribution in [0, 0.1) is 0 Å². The molecule has 2 heterocycles. The van der Waals surface area contributed by atoms with Crippen LogP contribution >= 0.6 is 0 Å². The Labute approximate surface area is 135 Å². The van der Waals surface area contributed by atoms with Crippen molar-refractivity contribution in [3.8, 4) is 11.3 Å². The summed E-state index contributed by atoms with van der Waals surface area (Å²) >= 11 is 0. The highest BCUT2D eigenvalue weighted by Crippen LogP contribution is 2.21. The molecule has 23 heavy (non-hydrogen) atoms. The summed E-state index contributed by atoms with van der Waals surface area (Å²) in [6.07, 6.45) is 3.13. The lowest BCUT2D eigenvalue weighted by Gasteiger charge is -2.19. The zero-order valence-corrected chi connectivity index (χ0v) is 12.9. The van der Waals surface area contributed by atoms with E-state index in [9.17, 15) is 9.90 Å². The summed E-state index contributed by atoms with van der Waals surface area (Å²) in [6, 6.07) is 9.41. The molecule has 6 heteroatoms. The van der Waals surface area contributed by atoms with Crippen LogP contribution in [0.15, 0.2) is 41.1 Å². The molecule has 2 N–H and O–H groups in total. The van der Waals surface area contributed by atoms with Crippen LogP contribution in [0.4, 0.5) is 0 Å². The Balaban J connectivity index is 1.57. The molecular weight excluding hydrogens is 294 g/mol. The summed E-state index contributed by atoms with van der Waals surface area (Å²) < 4.78 is 4.95. The Kier molecular flexibility index (Phi) is 5.05. The zero-order valence-electron chi connectivity index (χ0n) is 12.9. The molecule has 122 valence electrons. The molecule has 1 aliphatic rings. The molecule has 0 aliphatic carbocycles. The molecule has 1 aliphatic heterocycles. The third-order valence-corrected chi connectivity index (χ3v) is 4.03. The molecule has 1 aromatic heterocycles. The van der Waals surface area contributed by atoms with Crippen LogP contribution in [0.3, 0.4) is 0 Å². The van der Waals surface area contributed by atoms with Gasteiger partial charge in [-0.05, 0) is 25.9 Å². The fourth-order valence-electron chi connectivity index (χ4n) is 2.84. The van der Waals surface area contributed by atoms with Crippen molar-refractivity contribution in [3.05, 3.63) is 42.2 Å². The number of aliphatic hydroxyl groups excluding tert-OH is 1. The van der Waals surface area contributed by atoms with E-state index in [4.69, 9.17) is 4.52 Å². The maximum absolute atomic E-state index is 12.3. The van der Waals surface area contributed by atoms with Crippen LogP contribution in [0.1, 0.15) is 23.2 Å². The molecule has 1 fully saturated rings. The second kappa shape index (κ2) is 7.39. The number of hydrogen-bond donors (Lipinski definition) is 2. The average Bonchev–Trinajstić information content (AvgIpc) is 3.25. The van der Waals surface area contributed by atoms with Gasteiger partial charge in [0.25, 0.3) is 5.91 Å². The number of carbonyl (C=O) groups excluding carboxylic acids is 1. The number of benzene rings is 1. The molecule has 1 amide bonds. The lowest BCUT2D eigenvalue weighted by atomic mass is 10.1. The molecule has 1 aromatic carbocycles. The number of β-amino-alcohol motifs (C(OH)–C–C–N with tert-alkyl or cyclic N) is 1. The van der Waals surface area contributed by atoms with Gasteiger partial charge in [0, 0.05) is 18.7 Å². The van der Waals surface area contributed by atoms with Crippen molar-refractivity contribution in [3.63, 3.8) is 0 Å². The van der Waals surface area contributed by atoms with Gasteiger partial charge in [-0.3, -0.25) is 4.79 Å².